The molecule has 2 aliphatic heterocycles. The lowest BCUT2D eigenvalue weighted by molar-refractivity contribution is 0.122. The van der Waals surface area contributed by atoms with Crippen LogP contribution in [0.1, 0.15) is 11.3 Å². The molecule has 2 fully saturated rings. The smallest absolute Gasteiger partial charge is 0.227 e. The van der Waals surface area contributed by atoms with E-state index in [1.807, 2.05) is 25.4 Å². The number of hydrogen-bond donors (Lipinski definition) is 0. The van der Waals surface area contributed by atoms with Gasteiger partial charge in [-0.25, -0.2) is 4.98 Å². The highest BCUT2D eigenvalue weighted by molar-refractivity contribution is 5.44. The number of hydrogen-bond acceptors (Lipinski definition) is 8. The first-order valence-electron chi connectivity index (χ1n) is 8.83. The Morgan fingerprint density at radius 1 is 1.04 bits per heavy atom. The van der Waals surface area contributed by atoms with Crippen LogP contribution in [0.4, 0.5) is 11.8 Å². The predicted molar refractivity (Wildman–Crippen MR) is 93.8 cm³/mol. The van der Waals surface area contributed by atoms with Crippen molar-refractivity contribution in [1.29, 1.82) is 0 Å². The van der Waals surface area contributed by atoms with Gasteiger partial charge in [-0.2, -0.15) is 4.98 Å². The molecule has 0 aromatic carbocycles. The Bertz CT molecular complexity index is 692. The Hall–Kier alpha value is -2.19. The average Bonchev–Trinajstić information content (AvgIpc) is 3.08. The van der Waals surface area contributed by atoms with Crippen LogP contribution >= 0.6 is 0 Å². The van der Waals surface area contributed by atoms with Crippen LogP contribution in [0.25, 0.3) is 0 Å². The SMILES string of the molecule is Cc1oncc1CN1CCN(c2ccnc(N3CCOCC3)n2)CC1. The number of nitrogens with zero attached hydrogens (tertiary/aromatic N) is 6. The van der Waals surface area contributed by atoms with Crippen molar-refractivity contribution in [1.82, 2.24) is 20.0 Å². The number of aryl methyl sites for hydroxylation is 1. The quantitative estimate of drug-likeness (QED) is 0.811. The summed E-state index contributed by atoms with van der Waals surface area (Å²) in [6, 6.07) is 2.00. The van der Waals surface area contributed by atoms with Crippen LogP contribution in [0.2, 0.25) is 0 Å². The van der Waals surface area contributed by atoms with E-state index in [1.165, 1.54) is 5.56 Å². The van der Waals surface area contributed by atoms with E-state index in [-0.39, 0.29) is 0 Å². The summed E-state index contributed by atoms with van der Waals surface area (Å²) < 4.78 is 10.6. The van der Waals surface area contributed by atoms with Crippen LogP contribution in [0, 0.1) is 6.92 Å². The van der Waals surface area contributed by atoms with Gasteiger partial charge in [-0.1, -0.05) is 5.16 Å². The van der Waals surface area contributed by atoms with E-state index in [2.05, 4.69) is 24.8 Å². The van der Waals surface area contributed by atoms with E-state index < -0.39 is 0 Å². The summed E-state index contributed by atoms with van der Waals surface area (Å²) in [6.07, 6.45) is 3.68. The molecule has 0 saturated carbocycles. The predicted octanol–water partition coefficient (Wildman–Crippen LogP) is 0.932. The number of rotatable bonds is 4. The molecule has 2 aliphatic rings. The summed E-state index contributed by atoms with van der Waals surface area (Å²) in [4.78, 5) is 16.2. The summed E-state index contributed by atoms with van der Waals surface area (Å²) in [5.74, 6) is 2.73. The van der Waals surface area contributed by atoms with Gasteiger partial charge < -0.3 is 19.1 Å². The maximum Gasteiger partial charge on any atom is 0.227 e. The molecular formula is C17H24N6O2. The molecule has 0 unspecified atom stereocenters. The van der Waals surface area contributed by atoms with Crippen molar-refractivity contribution in [2.45, 2.75) is 13.5 Å². The first kappa shape index (κ1) is 16.3. The lowest BCUT2D eigenvalue weighted by Gasteiger charge is -2.35. The minimum absolute atomic E-state index is 0.745. The zero-order valence-electron chi connectivity index (χ0n) is 14.6. The van der Waals surface area contributed by atoms with Crippen molar-refractivity contribution in [3.05, 3.63) is 29.8 Å². The molecule has 2 aromatic heterocycles. The maximum absolute atomic E-state index is 5.41. The average molecular weight is 344 g/mol. The zero-order valence-corrected chi connectivity index (χ0v) is 14.6. The van der Waals surface area contributed by atoms with E-state index in [0.717, 1.165) is 76.6 Å². The number of aromatic nitrogens is 3. The third-order valence-corrected chi connectivity index (χ3v) is 4.86. The summed E-state index contributed by atoms with van der Waals surface area (Å²) in [5.41, 5.74) is 1.17. The first-order valence-corrected chi connectivity index (χ1v) is 8.83. The lowest BCUT2D eigenvalue weighted by Crippen LogP contribution is -2.46. The standard InChI is InChI=1S/C17H24N6O2/c1-14-15(12-19-25-14)13-21-4-6-22(7-5-21)16-2-3-18-17(20-16)23-8-10-24-11-9-23/h2-3,12H,4-11,13H2,1H3. The molecule has 2 saturated heterocycles. The van der Waals surface area contributed by atoms with E-state index in [9.17, 15) is 0 Å². The van der Waals surface area contributed by atoms with Crippen molar-refractivity contribution in [3.63, 3.8) is 0 Å². The number of morpholine rings is 1. The molecule has 0 N–H and O–H groups in total. The van der Waals surface area contributed by atoms with Crippen LogP contribution in [-0.2, 0) is 11.3 Å². The Morgan fingerprint density at radius 2 is 1.84 bits per heavy atom. The summed E-state index contributed by atoms with van der Waals surface area (Å²) in [5, 5.41) is 3.86. The van der Waals surface area contributed by atoms with Crippen LogP contribution in [0.3, 0.4) is 0 Å². The summed E-state index contributed by atoms with van der Waals surface area (Å²) in [7, 11) is 0. The highest BCUT2D eigenvalue weighted by atomic mass is 16.5. The van der Waals surface area contributed by atoms with Gasteiger partial charge in [0, 0.05) is 57.6 Å². The van der Waals surface area contributed by atoms with Crippen LogP contribution < -0.4 is 9.80 Å². The molecule has 0 bridgehead atoms. The molecule has 25 heavy (non-hydrogen) atoms. The topological polar surface area (TPSA) is 70.8 Å². The van der Waals surface area contributed by atoms with Crippen molar-refractivity contribution in [2.24, 2.45) is 0 Å². The number of piperazine rings is 1. The summed E-state index contributed by atoms with van der Waals surface area (Å²) >= 11 is 0. The molecule has 134 valence electrons. The maximum atomic E-state index is 5.41. The lowest BCUT2D eigenvalue weighted by atomic mass is 10.2. The fourth-order valence-corrected chi connectivity index (χ4v) is 3.28. The minimum Gasteiger partial charge on any atom is -0.378 e. The van der Waals surface area contributed by atoms with Gasteiger partial charge in [0.25, 0.3) is 0 Å². The second-order valence-electron chi connectivity index (χ2n) is 6.48. The van der Waals surface area contributed by atoms with Gasteiger partial charge >= 0.3 is 0 Å². The number of ether oxygens (including phenoxy) is 1. The van der Waals surface area contributed by atoms with Crippen molar-refractivity contribution in [2.75, 3.05) is 62.3 Å². The van der Waals surface area contributed by atoms with E-state index in [1.54, 1.807) is 0 Å². The zero-order chi connectivity index (χ0) is 17.1. The Balaban J connectivity index is 1.36. The highest BCUT2D eigenvalue weighted by Gasteiger charge is 2.21. The Kier molecular flexibility index (Phi) is 4.80. The monoisotopic (exact) mass is 344 g/mol. The fourth-order valence-electron chi connectivity index (χ4n) is 3.28. The van der Waals surface area contributed by atoms with Crippen molar-refractivity contribution in [3.8, 4) is 0 Å². The highest BCUT2D eigenvalue weighted by Crippen LogP contribution is 2.19. The molecule has 0 spiro atoms. The molecule has 0 aliphatic carbocycles. The second kappa shape index (κ2) is 7.37. The second-order valence-corrected chi connectivity index (χ2v) is 6.48. The number of anilines is 2. The molecule has 0 atom stereocenters. The Morgan fingerprint density at radius 3 is 2.56 bits per heavy atom. The van der Waals surface area contributed by atoms with Crippen molar-refractivity contribution < 1.29 is 9.26 Å². The van der Waals surface area contributed by atoms with Gasteiger partial charge in [-0.15, -0.1) is 0 Å². The molecule has 4 heterocycles. The molecule has 4 rings (SSSR count). The molecule has 8 heteroatoms. The van der Waals surface area contributed by atoms with Crippen LogP contribution in [0.5, 0.6) is 0 Å². The van der Waals surface area contributed by atoms with Crippen LogP contribution in [-0.4, -0.2) is 72.5 Å². The van der Waals surface area contributed by atoms with Gasteiger partial charge in [0.2, 0.25) is 5.95 Å². The molecule has 0 radical (unpaired) electrons. The van der Waals surface area contributed by atoms with Gasteiger partial charge in [0.1, 0.15) is 11.6 Å². The summed E-state index contributed by atoms with van der Waals surface area (Å²) in [6.45, 7) is 9.99. The molecule has 0 amide bonds. The Labute approximate surface area is 147 Å². The van der Waals surface area contributed by atoms with Crippen molar-refractivity contribution >= 4 is 11.8 Å². The van der Waals surface area contributed by atoms with Gasteiger partial charge in [0.05, 0.1) is 19.4 Å². The van der Waals surface area contributed by atoms with E-state index in [4.69, 9.17) is 14.2 Å². The van der Waals surface area contributed by atoms with Gasteiger partial charge in [0.15, 0.2) is 0 Å². The first-order chi connectivity index (χ1) is 12.3. The molecular weight excluding hydrogens is 320 g/mol. The third kappa shape index (κ3) is 3.74. The van der Waals surface area contributed by atoms with Gasteiger partial charge in [-0.3, -0.25) is 4.90 Å². The normalized spacial score (nSPS) is 19.4. The fraction of sp³-hybridized carbons (Fsp3) is 0.588. The minimum atomic E-state index is 0.745. The third-order valence-electron chi connectivity index (χ3n) is 4.86. The largest absolute Gasteiger partial charge is 0.378 e. The molecule has 2 aromatic rings. The molecule has 8 nitrogen and oxygen atoms in total. The van der Waals surface area contributed by atoms with E-state index >= 15 is 0 Å². The van der Waals surface area contributed by atoms with Gasteiger partial charge in [-0.05, 0) is 13.0 Å². The van der Waals surface area contributed by atoms with E-state index in [0.29, 0.717) is 0 Å². The van der Waals surface area contributed by atoms with Crippen LogP contribution in [0.15, 0.2) is 23.0 Å².